The summed E-state index contributed by atoms with van der Waals surface area (Å²) in [6.07, 6.45) is 5.53. The molecule has 0 aromatic carbocycles. The first-order valence-electron chi connectivity index (χ1n) is 16.8. The van der Waals surface area contributed by atoms with Crippen molar-refractivity contribution in [2.24, 2.45) is 5.92 Å². The maximum Gasteiger partial charge on any atom is 0.281 e. The van der Waals surface area contributed by atoms with Gasteiger partial charge in [-0.25, -0.2) is 18.7 Å². The Balaban J connectivity index is 0.00000133. The third-order valence-electron chi connectivity index (χ3n) is 8.65. The molecule has 18 heteroatoms. The number of hydrogen-bond donors (Lipinski definition) is 2. The minimum Gasteiger partial charge on any atom is -0.378 e. The van der Waals surface area contributed by atoms with Crippen molar-refractivity contribution >= 4 is 36.1 Å². The molecule has 3 aliphatic rings. The highest BCUT2D eigenvalue weighted by atomic mass is 19.3. The minimum atomic E-state index is -2.90. The highest BCUT2D eigenvalue weighted by Gasteiger charge is 2.28. The largest absolute Gasteiger partial charge is 0.378 e. The van der Waals surface area contributed by atoms with Crippen molar-refractivity contribution in [2.75, 3.05) is 109 Å². The number of nitrogens with two attached hydrogens (primary N) is 1. The molecular formula is C32H48F2N12O4. The Kier molecular flexibility index (Phi) is 14.5. The van der Waals surface area contributed by atoms with Crippen LogP contribution in [0.3, 0.4) is 0 Å². The number of nitrogens with zero attached hydrogens (tertiary/aromatic N) is 10. The summed E-state index contributed by atoms with van der Waals surface area (Å²) in [5.41, 5.74) is 5.04. The van der Waals surface area contributed by atoms with Crippen molar-refractivity contribution < 1.29 is 27.9 Å². The molecule has 0 unspecified atom stereocenters. The number of amides is 3. The van der Waals surface area contributed by atoms with Gasteiger partial charge >= 0.3 is 0 Å². The SMILES string of the molecule is CN(C)C/C=C/C(=O)N1CCC(CCC(=O)N2CCN(c3nc(-c4cnc(N)nc4C(F)F)nc(N4CCOCC4)n3)CC2)CC1.CNC=O. The minimum absolute atomic E-state index is 0.00726. The number of piperazine rings is 1. The summed E-state index contributed by atoms with van der Waals surface area (Å²) in [4.78, 5) is 65.7. The lowest BCUT2D eigenvalue weighted by atomic mass is 9.92. The van der Waals surface area contributed by atoms with Gasteiger partial charge < -0.3 is 40.3 Å². The molecule has 3 saturated heterocycles. The first-order valence-corrected chi connectivity index (χ1v) is 16.8. The molecule has 2 aromatic heterocycles. The van der Waals surface area contributed by atoms with Crippen LogP contribution in [0.2, 0.25) is 0 Å². The second kappa shape index (κ2) is 19.0. The van der Waals surface area contributed by atoms with Crippen LogP contribution in [-0.2, 0) is 19.1 Å². The van der Waals surface area contributed by atoms with Crippen molar-refractivity contribution in [3.8, 4) is 11.4 Å². The number of likely N-dealkylation sites (tertiary alicyclic amines) is 1. The van der Waals surface area contributed by atoms with Gasteiger partial charge in [0.05, 0.1) is 18.8 Å². The highest BCUT2D eigenvalue weighted by molar-refractivity contribution is 5.87. The maximum atomic E-state index is 13.9. The lowest BCUT2D eigenvalue weighted by Crippen LogP contribution is -2.49. The Hall–Kier alpha value is -4.58. The number of nitrogens with one attached hydrogen (secondary N) is 1. The van der Waals surface area contributed by atoms with Gasteiger partial charge in [0.1, 0.15) is 5.69 Å². The number of piperidine rings is 1. The normalized spacial score (nSPS) is 17.3. The van der Waals surface area contributed by atoms with E-state index in [4.69, 9.17) is 20.2 Å². The van der Waals surface area contributed by atoms with E-state index in [9.17, 15) is 18.4 Å². The maximum absolute atomic E-state index is 13.9. The first-order chi connectivity index (χ1) is 24.1. The van der Waals surface area contributed by atoms with Crippen LogP contribution in [0.1, 0.15) is 37.8 Å². The molecule has 5 heterocycles. The van der Waals surface area contributed by atoms with Gasteiger partial charge in [-0.15, -0.1) is 0 Å². The van der Waals surface area contributed by atoms with Crippen LogP contribution in [-0.4, -0.2) is 151 Å². The second-order valence-corrected chi connectivity index (χ2v) is 12.4. The fraction of sp³-hybridized carbons (Fsp3) is 0.625. The number of likely N-dealkylation sites (N-methyl/N-ethyl adjacent to an activating group) is 1. The summed E-state index contributed by atoms with van der Waals surface area (Å²) >= 11 is 0. The molecule has 0 saturated carbocycles. The predicted octanol–water partition coefficient (Wildman–Crippen LogP) is 0.832. The molecule has 3 fully saturated rings. The van der Waals surface area contributed by atoms with Crippen LogP contribution >= 0.6 is 0 Å². The van der Waals surface area contributed by atoms with E-state index in [2.05, 4.69) is 25.3 Å². The fourth-order valence-corrected chi connectivity index (χ4v) is 5.82. The van der Waals surface area contributed by atoms with Gasteiger partial charge in [0.25, 0.3) is 6.43 Å². The highest BCUT2D eigenvalue weighted by Crippen LogP contribution is 2.30. The zero-order valence-electron chi connectivity index (χ0n) is 29.0. The Morgan fingerprint density at radius 2 is 1.60 bits per heavy atom. The van der Waals surface area contributed by atoms with Gasteiger partial charge in [0.15, 0.2) is 5.82 Å². The van der Waals surface area contributed by atoms with Crippen LogP contribution in [0.5, 0.6) is 0 Å². The average molecular weight is 703 g/mol. The number of alkyl halides is 2. The number of rotatable bonds is 11. The van der Waals surface area contributed by atoms with Gasteiger partial charge in [-0.1, -0.05) is 6.08 Å². The molecule has 274 valence electrons. The van der Waals surface area contributed by atoms with E-state index >= 15 is 0 Å². The molecule has 3 amide bonds. The lowest BCUT2D eigenvalue weighted by molar-refractivity contribution is -0.132. The zero-order chi connectivity index (χ0) is 36.0. The Bertz CT molecular complexity index is 1440. The van der Waals surface area contributed by atoms with Crippen LogP contribution in [0.4, 0.5) is 26.6 Å². The predicted molar refractivity (Wildman–Crippen MR) is 183 cm³/mol. The lowest BCUT2D eigenvalue weighted by Gasteiger charge is -2.36. The number of carbonyl (C=O) groups is 3. The van der Waals surface area contributed by atoms with E-state index in [1.165, 1.54) is 6.20 Å². The quantitative estimate of drug-likeness (QED) is 0.249. The van der Waals surface area contributed by atoms with Crippen LogP contribution in [0.25, 0.3) is 11.4 Å². The number of hydrogen-bond acceptors (Lipinski definition) is 13. The number of nitrogen functional groups attached to an aromatic ring is 1. The molecule has 0 spiro atoms. The number of halogens is 2. The van der Waals surface area contributed by atoms with Crippen molar-refractivity contribution in [1.82, 2.24) is 44.9 Å². The molecule has 2 aromatic rings. The molecule has 0 aliphatic carbocycles. The van der Waals surface area contributed by atoms with E-state index in [-0.39, 0.29) is 29.2 Å². The Labute approximate surface area is 291 Å². The summed E-state index contributed by atoms with van der Waals surface area (Å²) in [6.45, 7) is 6.20. The molecule has 5 rings (SSSR count). The van der Waals surface area contributed by atoms with Crippen molar-refractivity contribution in [2.45, 2.75) is 32.1 Å². The second-order valence-electron chi connectivity index (χ2n) is 12.4. The molecule has 0 atom stereocenters. The molecule has 50 heavy (non-hydrogen) atoms. The number of carbonyl (C=O) groups excluding carboxylic acids is 3. The molecule has 3 aliphatic heterocycles. The molecule has 0 bridgehead atoms. The summed E-state index contributed by atoms with van der Waals surface area (Å²) < 4.78 is 33.3. The first kappa shape index (κ1) is 38.2. The number of anilines is 3. The van der Waals surface area contributed by atoms with Crippen molar-refractivity contribution in [3.63, 3.8) is 0 Å². The fourth-order valence-electron chi connectivity index (χ4n) is 5.82. The van der Waals surface area contributed by atoms with Crippen LogP contribution in [0, 0.1) is 5.92 Å². The van der Waals surface area contributed by atoms with Crippen molar-refractivity contribution in [3.05, 3.63) is 24.0 Å². The Morgan fingerprint density at radius 1 is 0.980 bits per heavy atom. The summed E-state index contributed by atoms with van der Waals surface area (Å²) in [5, 5.41) is 2.25. The van der Waals surface area contributed by atoms with Gasteiger partial charge in [-0.05, 0) is 39.3 Å². The van der Waals surface area contributed by atoms with Crippen LogP contribution < -0.4 is 20.9 Å². The monoisotopic (exact) mass is 702 g/mol. The Morgan fingerprint density at radius 3 is 2.18 bits per heavy atom. The summed E-state index contributed by atoms with van der Waals surface area (Å²) in [6, 6.07) is 0. The van der Waals surface area contributed by atoms with Gasteiger partial charge in [0.2, 0.25) is 36.1 Å². The standard InChI is InChI=1S/C30H43F2N11O3.C2H5NO/c1-39(2)9-3-4-23(44)40-10-7-21(8-11-40)5-6-24(45)41-12-14-42(15-13-41)29-36-27(22-20-34-28(33)35-25(22)26(31)32)37-30(38-29)43-16-18-46-19-17-43;1-3-2-4/h3-4,20-21,26H,5-19H2,1-2H3,(H2,33,34,35);2H,1H3,(H,3,4)/b4-3+;. The van der Waals surface area contributed by atoms with E-state index in [0.29, 0.717) is 96.2 Å². The molecule has 16 nitrogen and oxygen atoms in total. The smallest absolute Gasteiger partial charge is 0.281 e. The van der Waals surface area contributed by atoms with E-state index in [1.54, 1.807) is 13.1 Å². The van der Waals surface area contributed by atoms with Gasteiger partial charge in [0, 0.05) is 84.6 Å². The van der Waals surface area contributed by atoms with Gasteiger partial charge in [-0.3, -0.25) is 14.4 Å². The van der Waals surface area contributed by atoms with E-state index in [1.807, 2.05) is 44.7 Å². The summed E-state index contributed by atoms with van der Waals surface area (Å²) in [7, 11) is 5.49. The number of aromatic nitrogens is 5. The van der Waals surface area contributed by atoms with Gasteiger partial charge in [-0.2, -0.15) is 15.0 Å². The number of ether oxygens (including phenoxy) is 1. The average Bonchev–Trinajstić information content (AvgIpc) is 3.14. The zero-order valence-corrected chi connectivity index (χ0v) is 29.0. The third-order valence-corrected chi connectivity index (χ3v) is 8.65. The van der Waals surface area contributed by atoms with Crippen LogP contribution in [0.15, 0.2) is 18.3 Å². The molecule has 3 N–H and O–H groups in total. The van der Waals surface area contributed by atoms with E-state index < -0.39 is 12.1 Å². The summed E-state index contributed by atoms with van der Waals surface area (Å²) in [5.74, 6) is 1.05. The molecule has 0 radical (unpaired) electrons. The molecular weight excluding hydrogens is 654 g/mol. The topological polar surface area (TPSA) is 179 Å². The van der Waals surface area contributed by atoms with E-state index in [0.717, 1.165) is 25.8 Å². The third kappa shape index (κ3) is 11.0. The van der Waals surface area contributed by atoms with Crippen molar-refractivity contribution in [1.29, 1.82) is 0 Å². The number of morpholine rings is 1.